The van der Waals surface area contributed by atoms with Crippen LogP contribution in [0.3, 0.4) is 0 Å². The van der Waals surface area contributed by atoms with Crippen LogP contribution in [0.5, 0.6) is 5.75 Å². The first-order valence-electron chi connectivity index (χ1n) is 6.96. The number of nitrogens with zero attached hydrogens (tertiary/aromatic N) is 2. The van der Waals surface area contributed by atoms with Crippen molar-refractivity contribution < 1.29 is 13.9 Å². The normalized spacial score (nSPS) is 12.2. The van der Waals surface area contributed by atoms with E-state index < -0.39 is 5.82 Å². The highest BCUT2D eigenvalue weighted by Crippen LogP contribution is 2.23. The van der Waals surface area contributed by atoms with Gasteiger partial charge in [0, 0.05) is 12.2 Å². The van der Waals surface area contributed by atoms with Crippen molar-refractivity contribution in [2.75, 3.05) is 7.11 Å². The molecule has 1 aromatic heterocycles. The van der Waals surface area contributed by atoms with Crippen LogP contribution in [0.4, 0.5) is 4.39 Å². The number of benzene rings is 1. The first-order chi connectivity index (χ1) is 10.1. The number of carbonyl (C=O) groups is 1. The lowest BCUT2D eigenvalue weighted by Crippen LogP contribution is -2.10. The van der Waals surface area contributed by atoms with Gasteiger partial charge in [-0.1, -0.05) is 13.0 Å². The van der Waals surface area contributed by atoms with E-state index in [1.165, 1.54) is 19.2 Å². The van der Waals surface area contributed by atoms with Gasteiger partial charge in [-0.2, -0.15) is 5.10 Å². The van der Waals surface area contributed by atoms with E-state index in [9.17, 15) is 9.18 Å². The summed E-state index contributed by atoms with van der Waals surface area (Å²) in [6.45, 7) is 4.12. The van der Waals surface area contributed by atoms with Crippen LogP contribution in [0, 0.1) is 5.82 Å². The molecule has 5 heteroatoms. The van der Waals surface area contributed by atoms with Crippen molar-refractivity contribution in [3.8, 4) is 5.75 Å². The number of carbonyl (C=O) groups excluding carboxylic acids is 1. The lowest BCUT2D eigenvalue weighted by atomic mass is 10.0. The second kappa shape index (κ2) is 6.52. The quantitative estimate of drug-likeness (QED) is 0.766. The SMILES string of the molecule is CCC(C)n1ccc(CC(=O)c2c(F)cccc2OC)n1. The zero-order valence-corrected chi connectivity index (χ0v) is 12.5. The highest BCUT2D eigenvalue weighted by atomic mass is 19.1. The molecule has 112 valence electrons. The predicted octanol–water partition coefficient (Wildman–Crippen LogP) is 3.43. The first kappa shape index (κ1) is 15.2. The summed E-state index contributed by atoms with van der Waals surface area (Å²) in [5.74, 6) is -0.651. The van der Waals surface area contributed by atoms with E-state index in [1.54, 1.807) is 12.1 Å². The summed E-state index contributed by atoms with van der Waals surface area (Å²) in [5.41, 5.74) is 0.615. The topological polar surface area (TPSA) is 44.1 Å². The van der Waals surface area contributed by atoms with Crippen LogP contribution in [-0.4, -0.2) is 22.7 Å². The van der Waals surface area contributed by atoms with Gasteiger partial charge in [0.25, 0.3) is 0 Å². The molecule has 1 heterocycles. The van der Waals surface area contributed by atoms with Crippen molar-refractivity contribution in [2.24, 2.45) is 0 Å². The third kappa shape index (κ3) is 3.29. The number of methoxy groups -OCH3 is 1. The monoisotopic (exact) mass is 290 g/mol. The summed E-state index contributed by atoms with van der Waals surface area (Å²) in [6.07, 6.45) is 2.85. The van der Waals surface area contributed by atoms with Crippen molar-refractivity contribution >= 4 is 5.78 Å². The van der Waals surface area contributed by atoms with Crippen molar-refractivity contribution in [2.45, 2.75) is 32.7 Å². The van der Waals surface area contributed by atoms with Crippen LogP contribution >= 0.6 is 0 Å². The molecule has 0 saturated heterocycles. The second-order valence-corrected chi connectivity index (χ2v) is 4.96. The molecule has 0 fully saturated rings. The maximum Gasteiger partial charge on any atom is 0.175 e. The Morgan fingerprint density at radius 1 is 1.43 bits per heavy atom. The lowest BCUT2D eigenvalue weighted by molar-refractivity contribution is 0.0984. The van der Waals surface area contributed by atoms with E-state index in [4.69, 9.17) is 4.74 Å². The minimum absolute atomic E-state index is 0.0157. The Balaban J connectivity index is 2.20. The van der Waals surface area contributed by atoms with Crippen LogP contribution < -0.4 is 4.74 Å². The second-order valence-electron chi connectivity index (χ2n) is 4.96. The van der Waals surface area contributed by atoms with Crippen molar-refractivity contribution in [1.29, 1.82) is 0 Å². The Morgan fingerprint density at radius 3 is 2.86 bits per heavy atom. The number of hydrogen-bond donors (Lipinski definition) is 0. The molecule has 1 unspecified atom stereocenters. The zero-order chi connectivity index (χ0) is 15.4. The summed E-state index contributed by atoms with van der Waals surface area (Å²) < 4.78 is 20.7. The first-order valence-corrected chi connectivity index (χ1v) is 6.96. The average molecular weight is 290 g/mol. The summed E-state index contributed by atoms with van der Waals surface area (Å²) >= 11 is 0. The molecule has 0 aliphatic carbocycles. The molecular formula is C16H19FN2O2. The van der Waals surface area contributed by atoms with Crippen LogP contribution in [0.25, 0.3) is 0 Å². The van der Waals surface area contributed by atoms with Gasteiger partial charge in [0.2, 0.25) is 0 Å². The fourth-order valence-corrected chi connectivity index (χ4v) is 2.10. The fraction of sp³-hybridized carbons (Fsp3) is 0.375. The number of rotatable bonds is 6. The van der Waals surface area contributed by atoms with Crippen molar-refractivity contribution in [1.82, 2.24) is 9.78 Å². The average Bonchev–Trinajstić information content (AvgIpc) is 2.94. The minimum Gasteiger partial charge on any atom is -0.496 e. The fourth-order valence-electron chi connectivity index (χ4n) is 2.10. The molecule has 1 aromatic carbocycles. The Hall–Kier alpha value is -2.17. The smallest absolute Gasteiger partial charge is 0.175 e. The molecule has 4 nitrogen and oxygen atoms in total. The van der Waals surface area contributed by atoms with Crippen molar-refractivity contribution in [3.63, 3.8) is 0 Å². The van der Waals surface area contributed by atoms with Crippen LogP contribution in [0.2, 0.25) is 0 Å². The molecule has 0 saturated carbocycles. The number of Topliss-reactive ketones (excluding diaryl/α,β-unsaturated/α-hetero) is 1. The minimum atomic E-state index is -0.569. The summed E-state index contributed by atoms with van der Waals surface area (Å²) in [4.78, 5) is 12.3. The molecule has 21 heavy (non-hydrogen) atoms. The molecular weight excluding hydrogens is 271 g/mol. The molecule has 0 radical (unpaired) electrons. The Morgan fingerprint density at radius 2 is 2.19 bits per heavy atom. The van der Waals surface area contributed by atoms with E-state index in [-0.39, 0.29) is 29.6 Å². The summed E-state index contributed by atoms with van der Waals surface area (Å²) in [7, 11) is 1.42. The van der Waals surface area contributed by atoms with E-state index >= 15 is 0 Å². The van der Waals surface area contributed by atoms with Gasteiger partial charge >= 0.3 is 0 Å². The van der Waals surface area contributed by atoms with Crippen LogP contribution in [0.15, 0.2) is 30.5 Å². The van der Waals surface area contributed by atoms with E-state index in [1.807, 2.05) is 10.9 Å². The number of ether oxygens (including phenoxy) is 1. The Kier molecular flexibility index (Phi) is 4.73. The molecule has 1 atom stereocenters. The molecule has 0 aliphatic rings. The summed E-state index contributed by atoms with van der Waals surface area (Å²) in [5, 5.41) is 4.36. The van der Waals surface area contributed by atoms with Crippen molar-refractivity contribution in [3.05, 3.63) is 47.5 Å². The highest BCUT2D eigenvalue weighted by Gasteiger charge is 2.19. The van der Waals surface area contributed by atoms with Gasteiger partial charge < -0.3 is 4.74 Å². The Labute approximate surface area is 123 Å². The number of aromatic nitrogens is 2. The maximum absolute atomic E-state index is 13.9. The van der Waals surface area contributed by atoms with Gasteiger partial charge in [-0.15, -0.1) is 0 Å². The Bertz CT molecular complexity index is 637. The molecule has 0 spiro atoms. The molecule has 0 bridgehead atoms. The maximum atomic E-state index is 13.9. The largest absolute Gasteiger partial charge is 0.496 e. The molecule has 0 aliphatic heterocycles. The summed E-state index contributed by atoms with van der Waals surface area (Å²) in [6, 6.07) is 6.42. The van der Waals surface area contributed by atoms with E-state index in [2.05, 4.69) is 18.9 Å². The van der Waals surface area contributed by atoms with Crippen LogP contribution in [0.1, 0.15) is 42.4 Å². The predicted molar refractivity (Wildman–Crippen MR) is 78.2 cm³/mol. The van der Waals surface area contributed by atoms with Gasteiger partial charge in [0.05, 0.1) is 24.8 Å². The molecule has 0 amide bonds. The molecule has 0 N–H and O–H groups in total. The van der Waals surface area contributed by atoms with Gasteiger partial charge in [-0.05, 0) is 31.5 Å². The third-order valence-electron chi connectivity index (χ3n) is 3.52. The zero-order valence-electron chi connectivity index (χ0n) is 12.5. The van der Waals surface area contributed by atoms with Gasteiger partial charge in [-0.3, -0.25) is 9.48 Å². The number of ketones is 1. The van der Waals surface area contributed by atoms with E-state index in [0.717, 1.165) is 6.42 Å². The standard InChI is InChI=1S/C16H19FN2O2/c1-4-11(2)19-9-8-12(18-19)10-14(20)16-13(17)6-5-7-15(16)21-3/h5-9,11H,4,10H2,1-3H3. The van der Waals surface area contributed by atoms with E-state index in [0.29, 0.717) is 5.69 Å². The van der Waals surface area contributed by atoms with Crippen LogP contribution in [-0.2, 0) is 6.42 Å². The van der Waals surface area contributed by atoms with Gasteiger partial charge in [0.1, 0.15) is 11.6 Å². The van der Waals surface area contributed by atoms with Gasteiger partial charge in [-0.25, -0.2) is 4.39 Å². The number of hydrogen-bond acceptors (Lipinski definition) is 3. The molecule has 2 aromatic rings. The lowest BCUT2D eigenvalue weighted by Gasteiger charge is -2.09. The molecule has 2 rings (SSSR count). The van der Waals surface area contributed by atoms with Gasteiger partial charge in [0.15, 0.2) is 5.78 Å². The number of halogens is 1. The highest BCUT2D eigenvalue weighted by molar-refractivity contribution is 6.00. The third-order valence-corrected chi connectivity index (χ3v) is 3.52.